The smallest absolute Gasteiger partial charge is 0.222 e. The van der Waals surface area contributed by atoms with E-state index in [1.165, 1.54) is 12.1 Å². The van der Waals surface area contributed by atoms with Crippen molar-refractivity contribution in [2.24, 2.45) is 5.92 Å². The molecule has 0 aliphatic heterocycles. The fourth-order valence-corrected chi connectivity index (χ4v) is 1.72. The lowest BCUT2D eigenvalue weighted by Gasteiger charge is -2.10. The van der Waals surface area contributed by atoms with Crippen LogP contribution < -0.4 is 5.32 Å². The molecule has 2 nitrogen and oxygen atoms in total. The third-order valence-electron chi connectivity index (χ3n) is 2.80. The van der Waals surface area contributed by atoms with Crippen molar-refractivity contribution >= 4 is 5.91 Å². The van der Waals surface area contributed by atoms with Gasteiger partial charge < -0.3 is 5.32 Å². The largest absolute Gasteiger partial charge is 0.356 e. The molecule has 1 aromatic carbocycles. The summed E-state index contributed by atoms with van der Waals surface area (Å²) in [4.78, 5) is 11.6. The number of carbonyl (C=O) groups excluding carboxylic acids is 1. The van der Waals surface area contributed by atoms with Crippen LogP contribution in [0.4, 0.5) is 4.39 Å². The van der Waals surface area contributed by atoms with Gasteiger partial charge in [-0.3, -0.25) is 4.79 Å². The first-order chi connectivity index (χ1) is 8.13. The predicted octanol–water partition coefficient (Wildman–Crippen LogP) is 2.92. The summed E-state index contributed by atoms with van der Waals surface area (Å²) < 4.78 is 12.7. The van der Waals surface area contributed by atoms with Crippen molar-refractivity contribution in [2.45, 2.75) is 33.1 Å². The van der Waals surface area contributed by atoms with Crippen LogP contribution in [0.25, 0.3) is 0 Å². The van der Waals surface area contributed by atoms with E-state index in [9.17, 15) is 9.18 Å². The molecule has 0 saturated heterocycles. The maximum absolute atomic E-state index is 12.7. The second-order valence-corrected chi connectivity index (χ2v) is 4.36. The minimum Gasteiger partial charge on any atom is -0.356 e. The minimum atomic E-state index is -0.227. The van der Waals surface area contributed by atoms with Gasteiger partial charge in [-0.2, -0.15) is 0 Å². The van der Waals surface area contributed by atoms with Crippen molar-refractivity contribution in [1.29, 1.82) is 0 Å². The van der Waals surface area contributed by atoms with Gasteiger partial charge in [-0.15, -0.1) is 0 Å². The molecule has 1 aromatic rings. The zero-order chi connectivity index (χ0) is 12.7. The summed E-state index contributed by atoms with van der Waals surface area (Å²) >= 11 is 0. The average molecular weight is 237 g/mol. The Morgan fingerprint density at radius 3 is 2.59 bits per heavy atom. The molecule has 1 N–H and O–H groups in total. The van der Waals surface area contributed by atoms with E-state index < -0.39 is 0 Å². The summed E-state index contributed by atoms with van der Waals surface area (Å²) in [6, 6.07) is 6.38. The fourth-order valence-electron chi connectivity index (χ4n) is 1.72. The summed E-state index contributed by atoms with van der Waals surface area (Å²) in [7, 11) is 0. The van der Waals surface area contributed by atoms with E-state index in [-0.39, 0.29) is 17.6 Å². The highest BCUT2D eigenvalue weighted by Crippen LogP contribution is 2.05. The van der Waals surface area contributed by atoms with Gasteiger partial charge in [0.1, 0.15) is 5.82 Å². The van der Waals surface area contributed by atoms with Gasteiger partial charge in [0, 0.05) is 12.5 Å². The van der Waals surface area contributed by atoms with E-state index in [0.29, 0.717) is 6.54 Å². The maximum atomic E-state index is 12.7. The first-order valence-corrected chi connectivity index (χ1v) is 6.15. The molecule has 3 heteroatoms. The number of carbonyl (C=O) groups is 1. The second kappa shape index (κ2) is 7.05. The number of amides is 1. The zero-order valence-electron chi connectivity index (χ0n) is 10.5. The molecule has 17 heavy (non-hydrogen) atoms. The third-order valence-corrected chi connectivity index (χ3v) is 2.80. The summed E-state index contributed by atoms with van der Waals surface area (Å²) in [5, 5.41) is 2.90. The van der Waals surface area contributed by atoms with Gasteiger partial charge in [0.25, 0.3) is 0 Å². The molecule has 0 radical (unpaired) electrons. The quantitative estimate of drug-likeness (QED) is 0.809. The van der Waals surface area contributed by atoms with E-state index in [1.54, 1.807) is 12.1 Å². The minimum absolute atomic E-state index is 0.0771. The van der Waals surface area contributed by atoms with Gasteiger partial charge in [0.05, 0.1) is 0 Å². The Balaban J connectivity index is 2.28. The summed E-state index contributed by atoms with van der Waals surface area (Å²) in [5.74, 6) is -0.0449. The molecule has 1 amide bonds. The highest BCUT2D eigenvalue weighted by molar-refractivity contribution is 5.78. The Hall–Kier alpha value is -1.38. The molecule has 0 spiro atoms. The molecule has 0 bridgehead atoms. The van der Waals surface area contributed by atoms with E-state index in [1.807, 2.05) is 6.92 Å². The highest BCUT2D eigenvalue weighted by atomic mass is 19.1. The lowest BCUT2D eigenvalue weighted by atomic mass is 10.1. The molecular weight excluding hydrogens is 217 g/mol. The van der Waals surface area contributed by atoms with Crippen LogP contribution in [0.15, 0.2) is 24.3 Å². The standard InChI is InChI=1S/C14H20FNO/c1-3-4-11(2)14(17)16-10-9-12-5-7-13(15)8-6-12/h5-8,11H,3-4,9-10H2,1-2H3,(H,16,17). The van der Waals surface area contributed by atoms with Crippen molar-refractivity contribution in [2.75, 3.05) is 6.54 Å². The number of hydrogen-bond donors (Lipinski definition) is 1. The van der Waals surface area contributed by atoms with Gasteiger partial charge in [-0.05, 0) is 30.5 Å². The van der Waals surface area contributed by atoms with Crippen LogP contribution in [0.2, 0.25) is 0 Å². The summed E-state index contributed by atoms with van der Waals surface area (Å²) in [5.41, 5.74) is 1.04. The second-order valence-electron chi connectivity index (χ2n) is 4.36. The molecule has 1 rings (SSSR count). The van der Waals surface area contributed by atoms with Gasteiger partial charge >= 0.3 is 0 Å². The van der Waals surface area contributed by atoms with E-state index in [0.717, 1.165) is 24.8 Å². The van der Waals surface area contributed by atoms with Crippen molar-refractivity contribution in [1.82, 2.24) is 5.32 Å². The van der Waals surface area contributed by atoms with E-state index in [2.05, 4.69) is 12.2 Å². The lowest BCUT2D eigenvalue weighted by molar-refractivity contribution is -0.124. The Morgan fingerprint density at radius 1 is 1.35 bits per heavy atom. The molecule has 0 aromatic heterocycles. The zero-order valence-corrected chi connectivity index (χ0v) is 10.5. The van der Waals surface area contributed by atoms with Crippen LogP contribution in [0.3, 0.4) is 0 Å². The van der Waals surface area contributed by atoms with Crippen LogP contribution in [-0.4, -0.2) is 12.5 Å². The molecule has 94 valence electrons. The Kier molecular flexibility index (Phi) is 5.67. The number of rotatable bonds is 6. The molecule has 0 aliphatic carbocycles. The van der Waals surface area contributed by atoms with Crippen LogP contribution in [0.1, 0.15) is 32.3 Å². The van der Waals surface area contributed by atoms with Crippen molar-refractivity contribution in [3.63, 3.8) is 0 Å². The number of hydrogen-bond acceptors (Lipinski definition) is 1. The Morgan fingerprint density at radius 2 is 2.00 bits per heavy atom. The molecule has 0 aliphatic rings. The molecular formula is C14H20FNO. The van der Waals surface area contributed by atoms with Crippen molar-refractivity contribution < 1.29 is 9.18 Å². The summed E-state index contributed by atoms with van der Waals surface area (Å²) in [6.07, 6.45) is 2.68. The first kappa shape index (κ1) is 13.7. The Labute approximate surface area is 102 Å². The number of halogens is 1. The van der Waals surface area contributed by atoms with Gasteiger partial charge in [0.15, 0.2) is 0 Å². The third kappa shape index (κ3) is 4.98. The average Bonchev–Trinajstić information content (AvgIpc) is 2.32. The first-order valence-electron chi connectivity index (χ1n) is 6.15. The van der Waals surface area contributed by atoms with Gasteiger partial charge in [-0.25, -0.2) is 4.39 Å². The van der Waals surface area contributed by atoms with Crippen molar-refractivity contribution in [3.05, 3.63) is 35.6 Å². The molecule has 0 fully saturated rings. The van der Waals surface area contributed by atoms with Crippen LogP contribution in [-0.2, 0) is 11.2 Å². The normalized spacial score (nSPS) is 12.2. The van der Waals surface area contributed by atoms with E-state index in [4.69, 9.17) is 0 Å². The Bertz CT molecular complexity index is 348. The van der Waals surface area contributed by atoms with Crippen molar-refractivity contribution in [3.8, 4) is 0 Å². The van der Waals surface area contributed by atoms with Gasteiger partial charge in [-0.1, -0.05) is 32.4 Å². The number of benzene rings is 1. The van der Waals surface area contributed by atoms with Crippen LogP contribution >= 0.6 is 0 Å². The van der Waals surface area contributed by atoms with Crippen LogP contribution in [0.5, 0.6) is 0 Å². The highest BCUT2D eigenvalue weighted by Gasteiger charge is 2.10. The predicted molar refractivity (Wildman–Crippen MR) is 67.2 cm³/mol. The number of nitrogens with one attached hydrogen (secondary N) is 1. The SMILES string of the molecule is CCCC(C)C(=O)NCCc1ccc(F)cc1. The fraction of sp³-hybridized carbons (Fsp3) is 0.500. The van der Waals surface area contributed by atoms with Gasteiger partial charge in [0.2, 0.25) is 5.91 Å². The van der Waals surface area contributed by atoms with Crippen LogP contribution in [0, 0.1) is 11.7 Å². The topological polar surface area (TPSA) is 29.1 Å². The molecule has 1 unspecified atom stereocenters. The van der Waals surface area contributed by atoms with E-state index >= 15 is 0 Å². The lowest BCUT2D eigenvalue weighted by Crippen LogP contribution is -2.30. The maximum Gasteiger partial charge on any atom is 0.222 e. The molecule has 0 heterocycles. The molecule has 1 atom stereocenters. The summed E-state index contributed by atoms with van der Waals surface area (Å²) in [6.45, 7) is 4.62. The monoisotopic (exact) mass is 237 g/mol. The molecule has 0 saturated carbocycles.